The summed E-state index contributed by atoms with van der Waals surface area (Å²) in [5.41, 5.74) is -0.652. The van der Waals surface area contributed by atoms with Gasteiger partial charge in [-0.05, 0) is 0 Å². The number of hydrogen-bond acceptors (Lipinski definition) is 5. The molecule has 1 aliphatic rings. The Balaban J connectivity index is 2.15. The number of nitrogens with one attached hydrogen (secondary N) is 1. The van der Waals surface area contributed by atoms with Crippen LogP contribution in [0.4, 0.5) is 0 Å². The van der Waals surface area contributed by atoms with Gasteiger partial charge in [-0.15, -0.1) is 0 Å². The van der Waals surface area contributed by atoms with Crippen molar-refractivity contribution in [1.82, 2.24) is 14.9 Å². The fourth-order valence-corrected chi connectivity index (χ4v) is 2.56. The summed E-state index contributed by atoms with van der Waals surface area (Å²) in [5, 5.41) is 12.5. The molecule has 1 aromatic heterocycles. The molecule has 0 atom stereocenters. The lowest BCUT2D eigenvalue weighted by Crippen LogP contribution is -2.39. The largest absolute Gasteiger partial charge is 0.396 e. The summed E-state index contributed by atoms with van der Waals surface area (Å²) in [5.74, 6) is 0.372. The van der Waals surface area contributed by atoms with Crippen molar-refractivity contribution in [1.29, 1.82) is 0 Å². The molecule has 0 aliphatic carbocycles. The highest BCUT2D eigenvalue weighted by atomic mass is 32.2. The van der Waals surface area contributed by atoms with Crippen LogP contribution >= 0.6 is 11.8 Å². The van der Waals surface area contributed by atoms with E-state index in [1.54, 1.807) is 0 Å². The molecule has 7 heteroatoms. The van der Waals surface area contributed by atoms with E-state index in [2.05, 4.69) is 10.3 Å². The van der Waals surface area contributed by atoms with Crippen molar-refractivity contribution in [2.45, 2.75) is 25.5 Å². The molecule has 0 radical (unpaired) electrons. The molecule has 1 aliphatic heterocycles. The first-order valence-electron chi connectivity index (χ1n) is 6.06. The van der Waals surface area contributed by atoms with E-state index in [4.69, 9.17) is 5.11 Å². The first-order chi connectivity index (χ1) is 8.94. The molecule has 0 fully saturated rings. The van der Waals surface area contributed by atoms with E-state index in [-0.39, 0.29) is 17.7 Å². The normalized spacial score (nSPS) is 14.3. The van der Waals surface area contributed by atoms with Gasteiger partial charge in [-0.2, -0.15) is 0 Å². The van der Waals surface area contributed by atoms with E-state index in [0.717, 1.165) is 5.75 Å². The standard InChI is InChI=1S/C12H17N3O3S/c1-12(2,7-16)6-14-9(17)8-5-13-11-15(10(8)18)3-4-19-11/h5,16H,3-4,6-7H2,1-2H3,(H,14,17). The Labute approximate surface area is 115 Å². The highest BCUT2D eigenvalue weighted by molar-refractivity contribution is 7.99. The maximum Gasteiger partial charge on any atom is 0.267 e. The minimum Gasteiger partial charge on any atom is -0.396 e. The summed E-state index contributed by atoms with van der Waals surface area (Å²) in [7, 11) is 0. The van der Waals surface area contributed by atoms with Crippen molar-refractivity contribution in [3.05, 3.63) is 22.1 Å². The quantitative estimate of drug-likeness (QED) is 0.766. The van der Waals surface area contributed by atoms with Gasteiger partial charge in [-0.1, -0.05) is 25.6 Å². The predicted octanol–water partition coefficient (Wildman–Crippen LogP) is 0.0973. The molecule has 0 spiro atoms. The zero-order valence-corrected chi connectivity index (χ0v) is 11.8. The third kappa shape index (κ3) is 2.98. The van der Waals surface area contributed by atoms with Crippen LogP contribution in [-0.4, -0.2) is 39.5 Å². The van der Waals surface area contributed by atoms with Crippen molar-refractivity contribution in [3.8, 4) is 0 Å². The van der Waals surface area contributed by atoms with Crippen molar-refractivity contribution in [2.75, 3.05) is 18.9 Å². The Hall–Kier alpha value is -1.34. The molecule has 2 rings (SSSR count). The van der Waals surface area contributed by atoms with E-state index < -0.39 is 11.3 Å². The maximum absolute atomic E-state index is 12.1. The average molecular weight is 283 g/mol. The van der Waals surface area contributed by atoms with Gasteiger partial charge in [0.05, 0.1) is 0 Å². The first kappa shape index (κ1) is 14.1. The zero-order valence-electron chi connectivity index (χ0n) is 11.0. The van der Waals surface area contributed by atoms with Crippen LogP contribution in [-0.2, 0) is 6.54 Å². The Morgan fingerprint density at radius 3 is 3.05 bits per heavy atom. The molecule has 104 valence electrons. The number of carbonyl (C=O) groups excluding carboxylic acids is 1. The summed E-state index contributed by atoms with van der Waals surface area (Å²) in [6, 6.07) is 0. The number of hydrogen-bond donors (Lipinski definition) is 2. The maximum atomic E-state index is 12.1. The molecule has 2 heterocycles. The van der Waals surface area contributed by atoms with Gasteiger partial charge in [-0.25, -0.2) is 4.98 Å². The van der Waals surface area contributed by atoms with Gasteiger partial charge >= 0.3 is 0 Å². The van der Waals surface area contributed by atoms with Crippen LogP contribution in [0.3, 0.4) is 0 Å². The molecule has 0 saturated carbocycles. The fraction of sp³-hybridized carbons (Fsp3) is 0.583. The number of amides is 1. The third-order valence-electron chi connectivity index (χ3n) is 2.96. The predicted molar refractivity (Wildman–Crippen MR) is 72.4 cm³/mol. The van der Waals surface area contributed by atoms with Crippen LogP contribution in [0, 0.1) is 5.41 Å². The number of nitrogens with zero attached hydrogens (tertiary/aromatic N) is 2. The molecule has 0 saturated heterocycles. The summed E-state index contributed by atoms with van der Waals surface area (Å²) in [4.78, 5) is 28.2. The number of aliphatic hydroxyl groups excluding tert-OH is 1. The second kappa shape index (κ2) is 5.34. The Kier molecular flexibility index (Phi) is 3.96. The molecule has 2 N–H and O–H groups in total. The van der Waals surface area contributed by atoms with E-state index >= 15 is 0 Å². The highest BCUT2D eigenvalue weighted by Gasteiger charge is 2.22. The number of rotatable bonds is 4. The van der Waals surface area contributed by atoms with Gasteiger partial charge in [0.25, 0.3) is 11.5 Å². The monoisotopic (exact) mass is 283 g/mol. The molecule has 0 bridgehead atoms. The van der Waals surface area contributed by atoms with E-state index in [9.17, 15) is 9.59 Å². The molecule has 0 aromatic carbocycles. The molecule has 1 amide bonds. The number of fused-ring (bicyclic) bond motifs is 1. The number of aliphatic hydroxyl groups is 1. The Morgan fingerprint density at radius 2 is 2.37 bits per heavy atom. The zero-order chi connectivity index (χ0) is 14.0. The lowest BCUT2D eigenvalue weighted by atomic mass is 9.95. The number of carbonyl (C=O) groups is 1. The van der Waals surface area contributed by atoms with Crippen molar-refractivity contribution >= 4 is 17.7 Å². The van der Waals surface area contributed by atoms with Gasteiger partial charge in [0.2, 0.25) is 0 Å². The van der Waals surface area contributed by atoms with Crippen molar-refractivity contribution < 1.29 is 9.90 Å². The smallest absolute Gasteiger partial charge is 0.267 e. The molecule has 19 heavy (non-hydrogen) atoms. The van der Waals surface area contributed by atoms with E-state index in [0.29, 0.717) is 18.2 Å². The highest BCUT2D eigenvalue weighted by Crippen LogP contribution is 2.20. The SMILES string of the molecule is CC(C)(CO)CNC(=O)c1cnc2n(c1=O)CCS2. The van der Waals surface area contributed by atoms with Gasteiger partial charge in [-0.3, -0.25) is 14.2 Å². The average Bonchev–Trinajstić information content (AvgIpc) is 2.86. The Morgan fingerprint density at radius 1 is 1.63 bits per heavy atom. The minimum absolute atomic E-state index is 0.0364. The lowest BCUT2D eigenvalue weighted by molar-refractivity contribution is 0.0908. The van der Waals surface area contributed by atoms with Crippen LogP contribution in [0.25, 0.3) is 0 Å². The number of aromatic nitrogens is 2. The van der Waals surface area contributed by atoms with Crippen LogP contribution in [0.2, 0.25) is 0 Å². The summed E-state index contributed by atoms with van der Waals surface area (Å²) < 4.78 is 1.52. The lowest BCUT2D eigenvalue weighted by Gasteiger charge is -2.21. The number of thioether (sulfide) groups is 1. The van der Waals surface area contributed by atoms with E-state index in [1.165, 1.54) is 22.5 Å². The molecular formula is C12H17N3O3S. The summed E-state index contributed by atoms with van der Waals surface area (Å²) in [6.07, 6.45) is 1.33. The minimum atomic E-state index is -0.439. The van der Waals surface area contributed by atoms with Crippen LogP contribution in [0.1, 0.15) is 24.2 Å². The topological polar surface area (TPSA) is 84.2 Å². The van der Waals surface area contributed by atoms with Crippen molar-refractivity contribution in [3.63, 3.8) is 0 Å². The first-order valence-corrected chi connectivity index (χ1v) is 7.05. The molecular weight excluding hydrogens is 266 g/mol. The van der Waals surface area contributed by atoms with Gasteiger partial charge in [0, 0.05) is 37.1 Å². The third-order valence-corrected chi connectivity index (χ3v) is 3.93. The molecule has 6 nitrogen and oxygen atoms in total. The molecule has 1 aromatic rings. The summed E-state index contributed by atoms with van der Waals surface area (Å²) >= 11 is 1.51. The van der Waals surface area contributed by atoms with Gasteiger partial charge < -0.3 is 10.4 Å². The second-order valence-electron chi connectivity index (χ2n) is 5.26. The van der Waals surface area contributed by atoms with E-state index in [1.807, 2.05) is 13.8 Å². The van der Waals surface area contributed by atoms with Crippen molar-refractivity contribution in [2.24, 2.45) is 5.41 Å². The molecule has 0 unspecified atom stereocenters. The van der Waals surface area contributed by atoms with Crippen LogP contribution in [0.15, 0.2) is 16.1 Å². The second-order valence-corrected chi connectivity index (χ2v) is 6.33. The fourth-order valence-electron chi connectivity index (χ4n) is 1.64. The van der Waals surface area contributed by atoms with Crippen LogP contribution in [0.5, 0.6) is 0 Å². The Bertz CT molecular complexity index is 554. The van der Waals surface area contributed by atoms with Gasteiger partial charge in [0.15, 0.2) is 5.16 Å². The van der Waals surface area contributed by atoms with Crippen LogP contribution < -0.4 is 10.9 Å². The van der Waals surface area contributed by atoms with Gasteiger partial charge in [0.1, 0.15) is 5.56 Å². The summed E-state index contributed by atoms with van der Waals surface area (Å²) in [6.45, 7) is 4.52.